The van der Waals surface area contributed by atoms with Crippen LogP contribution in [0.4, 0.5) is 19.1 Å². The summed E-state index contributed by atoms with van der Waals surface area (Å²) in [7, 11) is -4.36. The Bertz CT molecular complexity index is 1120. The van der Waals surface area contributed by atoms with Crippen molar-refractivity contribution in [3.05, 3.63) is 64.7 Å². The second-order valence-electron chi connectivity index (χ2n) is 5.96. The molecule has 3 aromatic rings. The SMILES string of the molecule is Nc1oc(-c2ccc(Cl)cc2)c(O)c1OS(=O)(=O)Cc1ccc(C(F)(F)F)cc1. The first-order chi connectivity index (χ1) is 13.5. The zero-order valence-electron chi connectivity index (χ0n) is 14.4. The fraction of sp³-hybridized carbons (Fsp3) is 0.111. The lowest BCUT2D eigenvalue weighted by molar-refractivity contribution is -0.137. The minimum absolute atomic E-state index is 0.0532. The third-order valence-electron chi connectivity index (χ3n) is 3.81. The molecule has 0 saturated heterocycles. The van der Waals surface area contributed by atoms with Crippen LogP contribution in [0.5, 0.6) is 11.5 Å². The molecule has 0 amide bonds. The van der Waals surface area contributed by atoms with Crippen LogP contribution in [0.1, 0.15) is 11.1 Å². The maximum atomic E-state index is 12.6. The van der Waals surface area contributed by atoms with Crippen LogP contribution in [-0.4, -0.2) is 13.5 Å². The number of hydrogen-bond donors (Lipinski definition) is 2. The van der Waals surface area contributed by atoms with Crippen LogP contribution in [0.25, 0.3) is 11.3 Å². The molecule has 0 saturated carbocycles. The summed E-state index contributed by atoms with van der Waals surface area (Å²) < 4.78 is 72.4. The number of hydrogen-bond acceptors (Lipinski definition) is 6. The molecule has 1 aromatic heterocycles. The summed E-state index contributed by atoms with van der Waals surface area (Å²) in [4.78, 5) is 0. The Morgan fingerprint density at radius 2 is 1.66 bits per heavy atom. The van der Waals surface area contributed by atoms with Gasteiger partial charge in [-0.3, -0.25) is 0 Å². The zero-order valence-corrected chi connectivity index (χ0v) is 16.0. The summed E-state index contributed by atoms with van der Waals surface area (Å²) >= 11 is 5.79. The largest absolute Gasteiger partial charge is 0.501 e. The molecule has 0 aliphatic heterocycles. The minimum Gasteiger partial charge on any atom is -0.501 e. The molecule has 154 valence electrons. The maximum Gasteiger partial charge on any atom is 0.416 e. The monoisotopic (exact) mass is 447 g/mol. The molecule has 0 fully saturated rings. The molecule has 0 spiro atoms. The molecule has 6 nitrogen and oxygen atoms in total. The number of nitrogen functional groups attached to an aromatic ring is 1. The lowest BCUT2D eigenvalue weighted by Gasteiger charge is -2.09. The maximum absolute atomic E-state index is 12.6. The number of alkyl halides is 3. The second-order valence-corrected chi connectivity index (χ2v) is 7.97. The summed E-state index contributed by atoms with van der Waals surface area (Å²) in [5, 5.41) is 10.7. The molecule has 0 radical (unpaired) electrons. The van der Waals surface area contributed by atoms with E-state index in [4.69, 9.17) is 25.9 Å². The number of benzene rings is 2. The van der Waals surface area contributed by atoms with Gasteiger partial charge >= 0.3 is 16.3 Å². The van der Waals surface area contributed by atoms with Crippen LogP contribution in [0.15, 0.2) is 52.9 Å². The molecule has 3 N–H and O–H groups in total. The van der Waals surface area contributed by atoms with Crippen molar-refractivity contribution in [1.29, 1.82) is 0 Å². The van der Waals surface area contributed by atoms with E-state index in [1.54, 1.807) is 0 Å². The minimum atomic E-state index is -4.54. The fourth-order valence-electron chi connectivity index (χ4n) is 2.45. The zero-order chi connectivity index (χ0) is 21.4. The second kappa shape index (κ2) is 7.53. The molecular weight excluding hydrogens is 435 g/mol. The summed E-state index contributed by atoms with van der Waals surface area (Å²) in [6, 6.07) is 9.62. The first-order valence-electron chi connectivity index (χ1n) is 7.92. The number of anilines is 1. The van der Waals surface area contributed by atoms with Gasteiger partial charge in [0.25, 0.3) is 0 Å². The van der Waals surface area contributed by atoms with E-state index < -0.39 is 45.0 Å². The predicted octanol–water partition coefficient (Wildman–Crippen LogP) is 4.82. The first kappa shape index (κ1) is 20.9. The highest BCUT2D eigenvalue weighted by atomic mass is 35.5. The molecule has 0 aliphatic carbocycles. The number of aromatic hydroxyl groups is 1. The van der Waals surface area contributed by atoms with Crippen molar-refractivity contribution in [3.63, 3.8) is 0 Å². The van der Waals surface area contributed by atoms with Gasteiger partial charge in [-0.05, 0) is 42.0 Å². The first-order valence-corrected chi connectivity index (χ1v) is 9.87. The van der Waals surface area contributed by atoms with Gasteiger partial charge in [0.05, 0.1) is 5.56 Å². The van der Waals surface area contributed by atoms with Crippen molar-refractivity contribution in [1.82, 2.24) is 0 Å². The Labute approximate surface area is 168 Å². The Kier molecular flexibility index (Phi) is 5.42. The highest BCUT2D eigenvalue weighted by Gasteiger charge is 2.30. The Hall–Kier alpha value is -2.85. The quantitative estimate of drug-likeness (QED) is 0.544. The van der Waals surface area contributed by atoms with E-state index in [0.29, 0.717) is 10.6 Å². The average molecular weight is 448 g/mol. The van der Waals surface area contributed by atoms with Crippen molar-refractivity contribution in [2.45, 2.75) is 11.9 Å². The van der Waals surface area contributed by atoms with Crippen LogP contribution < -0.4 is 9.92 Å². The van der Waals surface area contributed by atoms with Crippen molar-refractivity contribution in [3.8, 4) is 22.8 Å². The van der Waals surface area contributed by atoms with E-state index in [2.05, 4.69) is 0 Å². The van der Waals surface area contributed by atoms with Gasteiger partial charge in [-0.25, -0.2) is 0 Å². The molecule has 0 bridgehead atoms. The highest BCUT2D eigenvalue weighted by molar-refractivity contribution is 7.86. The fourth-order valence-corrected chi connectivity index (χ4v) is 3.65. The molecular formula is C18H13ClF3NO5S. The molecule has 3 rings (SSSR count). The van der Waals surface area contributed by atoms with Gasteiger partial charge in [-0.2, -0.15) is 21.6 Å². The highest BCUT2D eigenvalue weighted by Crippen LogP contribution is 2.45. The average Bonchev–Trinajstić information content (AvgIpc) is 2.89. The van der Waals surface area contributed by atoms with Gasteiger partial charge in [0.1, 0.15) is 5.75 Å². The molecule has 2 aromatic carbocycles. The van der Waals surface area contributed by atoms with Crippen LogP contribution in [0.3, 0.4) is 0 Å². The van der Waals surface area contributed by atoms with Crippen molar-refractivity contribution >= 4 is 27.6 Å². The van der Waals surface area contributed by atoms with Crippen molar-refractivity contribution < 1.29 is 35.3 Å². The van der Waals surface area contributed by atoms with Crippen LogP contribution in [-0.2, 0) is 22.0 Å². The lowest BCUT2D eigenvalue weighted by Crippen LogP contribution is -2.13. The molecule has 1 heterocycles. The third-order valence-corrected chi connectivity index (χ3v) is 5.17. The number of furan rings is 1. The van der Waals surface area contributed by atoms with E-state index in [9.17, 15) is 26.7 Å². The van der Waals surface area contributed by atoms with E-state index in [0.717, 1.165) is 24.3 Å². The van der Waals surface area contributed by atoms with Crippen molar-refractivity contribution in [2.24, 2.45) is 0 Å². The predicted molar refractivity (Wildman–Crippen MR) is 99.9 cm³/mol. The summed E-state index contributed by atoms with van der Waals surface area (Å²) in [6.07, 6.45) is -4.54. The molecule has 0 atom stereocenters. The van der Waals surface area contributed by atoms with E-state index in [1.807, 2.05) is 0 Å². The topological polar surface area (TPSA) is 103 Å². The number of nitrogens with two attached hydrogens (primary N) is 1. The summed E-state index contributed by atoms with van der Waals surface area (Å²) in [5.41, 5.74) is 5.12. The van der Waals surface area contributed by atoms with Gasteiger partial charge in [-0.15, -0.1) is 0 Å². The Balaban J connectivity index is 1.82. The van der Waals surface area contributed by atoms with Crippen molar-refractivity contribution in [2.75, 3.05) is 5.73 Å². The molecule has 0 aliphatic rings. The normalized spacial score (nSPS) is 12.1. The van der Waals surface area contributed by atoms with Crippen LogP contribution >= 0.6 is 11.6 Å². The number of rotatable bonds is 5. The van der Waals surface area contributed by atoms with Gasteiger partial charge in [0.2, 0.25) is 17.4 Å². The Morgan fingerprint density at radius 1 is 1.07 bits per heavy atom. The smallest absolute Gasteiger partial charge is 0.416 e. The Morgan fingerprint density at radius 3 is 2.21 bits per heavy atom. The molecule has 0 unspecified atom stereocenters. The van der Waals surface area contributed by atoms with Gasteiger partial charge in [0, 0.05) is 10.6 Å². The summed E-state index contributed by atoms with van der Waals surface area (Å²) in [6.45, 7) is 0. The van der Waals surface area contributed by atoms with E-state index >= 15 is 0 Å². The van der Waals surface area contributed by atoms with Gasteiger partial charge in [0.15, 0.2) is 5.76 Å². The van der Waals surface area contributed by atoms with Crippen LogP contribution in [0, 0.1) is 0 Å². The van der Waals surface area contributed by atoms with E-state index in [-0.39, 0.29) is 11.3 Å². The molecule has 29 heavy (non-hydrogen) atoms. The van der Waals surface area contributed by atoms with E-state index in [1.165, 1.54) is 24.3 Å². The van der Waals surface area contributed by atoms with Gasteiger partial charge < -0.3 is 19.4 Å². The third kappa shape index (κ3) is 4.77. The number of halogens is 4. The lowest BCUT2D eigenvalue weighted by atomic mass is 10.1. The standard InChI is InChI=1S/C18H13ClF3NO5S/c19-13-7-3-11(4-8-13)15-14(24)16(17(23)27-15)28-29(25,26)9-10-1-5-12(6-2-10)18(20,21)22/h1-8,24H,9,23H2. The molecule has 11 heteroatoms. The van der Waals surface area contributed by atoms with Gasteiger partial charge in [-0.1, -0.05) is 23.7 Å². The van der Waals surface area contributed by atoms with Crippen LogP contribution in [0.2, 0.25) is 5.02 Å². The summed E-state index contributed by atoms with van der Waals surface area (Å²) in [5.74, 6) is -2.60.